The summed E-state index contributed by atoms with van der Waals surface area (Å²) in [6.07, 6.45) is 11.6. The van der Waals surface area contributed by atoms with Gasteiger partial charge in [-0.2, -0.15) is 0 Å². The number of rotatable bonds is 2. The van der Waals surface area contributed by atoms with E-state index < -0.39 is 0 Å². The van der Waals surface area contributed by atoms with Gasteiger partial charge in [-0.1, -0.05) is 68.8 Å². The summed E-state index contributed by atoms with van der Waals surface area (Å²) in [4.78, 5) is 0. The SMILES string of the molecule is C1=CC(Cc2ccccc2)=CCC1.CCC. The molecular formula is C16H22. The lowest BCUT2D eigenvalue weighted by molar-refractivity contribution is 0.994. The van der Waals surface area contributed by atoms with Crippen LogP contribution in [0.4, 0.5) is 0 Å². The Morgan fingerprint density at radius 2 is 1.69 bits per heavy atom. The van der Waals surface area contributed by atoms with E-state index in [4.69, 9.17) is 0 Å². The third kappa shape index (κ3) is 4.97. The topological polar surface area (TPSA) is 0 Å². The van der Waals surface area contributed by atoms with Gasteiger partial charge in [-0.05, 0) is 30.4 Å². The standard InChI is InChI=1S/C13H14.C3H8/c1-3-7-12(8-4-1)11-13-9-5-2-6-10-13;1-3-2/h1,3-5,7-10H,2,6,11H2;3H2,1-2H3. The predicted octanol–water partition coefficient (Wildman–Crippen LogP) is 4.92. The first kappa shape index (κ1) is 12.8. The minimum absolute atomic E-state index is 1.08. The van der Waals surface area contributed by atoms with E-state index in [0.717, 1.165) is 6.42 Å². The van der Waals surface area contributed by atoms with Crippen molar-refractivity contribution in [2.75, 3.05) is 0 Å². The second kappa shape index (κ2) is 7.92. The molecule has 0 atom stereocenters. The van der Waals surface area contributed by atoms with Crippen molar-refractivity contribution in [3.05, 3.63) is 59.7 Å². The summed E-state index contributed by atoms with van der Waals surface area (Å²) in [7, 11) is 0. The zero-order chi connectivity index (χ0) is 11.6. The van der Waals surface area contributed by atoms with Gasteiger partial charge in [0.25, 0.3) is 0 Å². The molecule has 0 radical (unpaired) electrons. The van der Waals surface area contributed by atoms with Crippen LogP contribution in [0, 0.1) is 0 Å². The molecule has 2 rings (SSSR count). The first-order valence-corrected chi connectivity index (χ1v) is 6.26. The number of hydrogen-bond acceptors (Lipinski definition) is 0. The molecule has 1 aliphatic carbocycles. The highest BCUT2D eigenvalue weighted by molar-refractivity contribution is 5.29. The maximum absolute atomic E-state index is 2.34. The number of hydrogen-bond donors (Lipinski definition) is 0. The van der Waals surface area contributed by atoms with E-state index in [0.29, 0.717) is 0 Å². The quantitative estimate of drug-likeness (QED) is 0.655. The molecule has 0 fully saturated rings. The normalized spacial score (nSPS) is 13.8. The molecule has 0 bridgehead atoms. The van der Waals surface area contributed by atoms with E-state index in [1.165, 1.54) is 30.4 Å². The van der Waals surface area contributed by atoms with Gasteiger partial charge in [0.15, 0.2) is 0 Å². The largest absolute Gasteiger partial charge is 0.0840 e. The monoisotopic (exact) mass is 214 g/mol. The molecule has 0 saturated carbocycles. The van der Waals surface area contributed by atoms with Gasteiger partial charge in [0.05, 0.1) is 0 Å². The second-order valence-corrected chi connectivity index (χ2v) is 4.13. The van der Waals surface area contributed by atoms with Crippen LogP contribution in [0.5, 0.6) is 0 Å². The van der Waals surface area contributed by atoms with Gasteiger partial charge in [-0.15, -0.1) is 0 Å². The van der Waals surface area contributed by atoms with Crippen molar-refractivity contribution in [2.45, 2.75) is 39.5 Å². The fraction of sp³-hybridized carbons (Fsp3) is 0.375. The number of allylic oxidation sites excluding steroid dienone is 4. The maximum Gasteiger partial charge on any atom is -0.00290 e. The zero-order valence-corrected chi connectivity index (χ0v) is 10.4. The van der Waals surface area contributed by atoms with Crippen LogP contribution in [0.15, 0.2) is 54.1 Å². The van der Waals surface area contributed by atoms with Gasteiger partial charge >= 0.3 is 0 Å². The van der Waals surface area contributed by atoms with Crippen LogP contribution in [-0.2, 0) is 6.42 Å². The Balaban J connectivity index is 0.000000386. The predicted molar refractivity (Wildman–Crippen MR) is 72.6 cm³/mol. The Hall–Kier alpha value is -1.30. The highest BCUT2D eigenvalue weighted by Gasteiger charge is 1.98. The van der Waals surface area contributed by atoms with Gasteiger partial charge < -0.3 is 0 Å². The summed E-state index contributed by atoms with van der Waals surface area (Å²) in [5.74, 6) is 0. The Labute approximate surface area is 99.7 Å². The molecule has 0 heteroatoms. The Kier molecular flexibility index (Phi) is 6.32. The van der Waals surface area contributed by atoms with Gasteiger partial charge in [0.1, 0.15) is 0 Å². The molecular weight excluding hydrogens is 192 g/mol. The summed E-state index contributed by atoms with van der Waals surface area (Å²) in [5.41, 5.74) is 2.86. The van der Waals surface area contributed by atoms with E-state index in [2.05, 4.69) is 62.4 Å². The van der Waals surface area contributed by atoms with Crippen molar-refractivity contribution >= 4 is 0 Å². The Bertz CT molecular complexity index is 330. The van der Waals surface area contributed by atoms with Crippen LogP contribution >= 0.6 is 0 Å². The van der Waals surface area contributed by atoms with Crippen molar-refractivity contribution in [1.29, 1.82) is 0 Å². The minimum atomic E-state index is 1.08. The van der Waals surface area contributed by atoms with E-state index in [1.807, 2.05) is 0 Å². The van der Waals surface area contributed by atoms with Gasteiger partial charge in [0, 0.05) is 0 Å². The van der Waals surface area contributed by atoms with E-state index in [9.17, 15) is 0 Å². The molecule has 0 N–H and O–H groups in total. The van der Waals surface area contributed by atoms with Gasteiger partial charge in [-0.3, -0.25) is 0 Å². The molecule has 1 aromatic carbocycles. The highest BCUT2D eigenvalue weighted by Crippen LogP contribution is 2.14. The fourth-order valence-corrected chi connectivity index (χ4v) is 1.63. The maximum atomic E-state index is 2.34. The lowest BCUT2D eigenvalue weighted by atomic mass is 10.00. The molecule has 0 saturated heterocycles. The molecule has 1 aliphatic rings. The third-order valence-electron chi connectivity index (χ3n) is 2.32. The molecule has 16 heavy (non-hydrogen) atoms. The molecule has 86 valence electrons. The Morgan fingerprint density at radius 1 is 1.00 bits per heavy atom. The summed E-state index contributed by atoms with van der Waals surface area (Å²) in [6, 6.07) is 10.6. The molecule has 0 unspecified atom stereocenters. The van der Waals surface area contributed by atoms with Crippen LogP contribution in [0.25, 0.3) is 0 Å². The van der Waals surface area contributed by atoms with Crippen LogP contribution in [0.2, 0.25) is 0 Å². The highest BCUT2D eigenvalue weighted by atomic mass is 14.0. The molecule has 0 amide bonds. The summed E-state index contributed by atoms with van der Waals surface area (Å²) in [6.45, 7) is 4.25. The van der Waals surface area contributed by atoms with Crippen LogP contribution in [0.3, 0.4) is 0 Å². The van der Waals surface area contributed by atoms with Gasteiger partial charge in [0.2, 0.25) is 0 Å². The molecule has 0 heterocycles. The third-order valence-corrected chi connectivity index (χ3v) is 2.32. The van der Waals surface area contributed by atoms with E-state index >= 15 is 0 Å². The van der Waals surface area contributed by atoms with Crippen molar-refractivity contribution in [3.63, 3.8) is 0 Å². The lowest BCUT2D eigenvalue weighted by Crippen LogP contribution is -1.90. The minimum Gasteiger partial charge on any atom is -0.0840 e. The molecule has 0 spiro atoms. The van der Waals surface area contributed by atoms with E-state index in [-0.39, 0.29) is 0 Å². The second-order valence-electron chi connectivity index (χ2n) is 4.13. The molecule has 1 aromatic rings. The van der Waals surface area contributed by atoms with Crippen LogP contribution in [0.1, 0.15) is 38.7 Å². The summed E-state index contributed by atoms with van der Waals surface area (Å²) >= 11 is 0. The van der Waals surface area contributed by atoms with E-state index in [1.54, 1.807) is 0 Å². The molecule has 0 aromatic heterocycles. The zero-order valence-electron chi connectivity index (χ0n) is 10.4. The first-order valence-electron chi connectivity index (χ1n) is 6.26. The van der Waals surface area contributed by atoms with Crippen molar-refractivity contribution in [3.8, 4) is 0 Å². The Morgan fingerprint density at radius 3 is 2.25 bits per heavy atom. The van der Waals surface area contributed by atoms with Crippen molar-refractivity contribution < 1.29 is 0 Å². The average Bonchev–Trinajstić information content (AvgIpc) is 2.33. The van der Waals surface area contributed by atoms with Gasteiger partial charge in [-0.25, -0.2) is 0 Å². The average molecular weight is 214 g/mol. The van der Waals surface area contributed by atoms with Crippen molar-refractivity contribution in [2.24, 2.45) is 0 Å². The lowest BCUT2D eigenvalue weighted by Gasteiger charge is -2.06. The first-order chi connectivity index (χ1) is 7.86. The van der Waals surface area contributed by atoms with Crippen molar-refractivity contribution in [1.82, 2.24) is 0 Å². The molecule has 0 aliphatic heterocycles. The summed E-state index contributed by atoms with van der Waals surface area (Å²) in [5, 5.41) is 0. The fourth-order valence-electron chi connectivity index (χ4n) is 1.63. The van der Waals surface area contributed by atoms with Crippen LogP contribution < -0.4 is 0 Å². The molecule has 0 nitrogen and oxygen atoms in total. The number of benzene rings is 1. The smallest absolute Gasteiger partial charge is 0.00290 e. The summed E-state index contributed by atoms with van der Waals surface area (Å²) < 4.78 is 0. The van der Waals surface area contributed by atoms with Crippen LogP contribution in [-0.4, -0.2) is 0 Å².